The summed E-state index contributed by atoms with van der Waals surface area (Å²) in [5, 5.41) is 0. The maximum atomic E-state index is 13.8. The molecule has 0 radical (unpaired) electrons. The molecule has 2 aliphatic rings. The smallest absolute Gasteiger partial charge is 0.338 e. The van der Waals surface area contributed by atoms with Crippen LogP contribution in [0.25, 0.3) is 6.08 Å². The number of ether oxygens (including phenoxy) is 5. The fraction of sp³-hybridized carbons (Fsp3) is 0.269. The van der Waals surface area contributed by atoms with Crippen LogP contribution in [0.5, 0.6) is 23.0 Å². The largest absolute Gasteiger partial charge is 0.497 e. The van der Waals surface area contributed by atoms with Crippen molar-refractivity contribution in [3.8, 4) is 23.0 Å². The minimum atomic E-state index is -0.741. The van der Waals surface area contributed by atoms with Crippen LogP contribution in [0, 0.1) is 0 Å². The van der Waals surface area contributed by atoms with Crippen molar-refractivity contribution in [1.82, 2.24) is 4.57 Å². The van der Waals surface area contributed by atoms with Crippen molar-refractivity contribution in [3.63, 3.8) is 0 Å². The molecule has 2 aliphatic heterocycles. The van der Waals surface area contributed by atoms with Gasteiger partial charge in [-0.1, -0.05) is 17.4 Å². The van der Waals surface area contributed by atoms with Gasteiger partial charge in [-0.3, -0.25) is 9.36 Å². The molecule has 1 atom stereocenters. The molecule has 0 bridgehead atoms. The molecule has 186 valence electrons. The third-order valence-corrected chi connectivity index (χ3v) is 6.94. The summed E-state index contributed by atoms with van der Waals surface area (Å²) in [6.07, 6.45) is 1.75. The lowest BCUT2D eigenvalue weighted by Crippen LogP contribution is -2.39. The second kappa shape index (κ2) is 9.54. The topological polar surface area (TPSA) is 97.6 Å². The van der Waals surface area contributed by atoms with Gasteiger partial charge in [0.2, 0.25) is 6.79 Å². The molecule has 0 amide bonds. The second-order valence-electron chi connectivity index (χ2n) is 8.02. The van der Waals surface area contributed by atoms with Gasteiger partial charge in [0.15, 0.2) is 16.3 Å². The van der Waals surface area contributed by atoms with Gasteiger partial charge in [-0.2, -0.15) is 0 Å². The van der Waals surface area contributed by atoms with Crippen molar-refractivity contribution in [2.24, 2.45) is 4.99 Å². The number of nitrogens with zero attached hydrogens (tertiary/aromatic N) is 2. The average Bonchev–Trinajstić information content (AvgIpc) is 3.47. The highest BCUT2D eigenvalue weighted by Gasteiger charge is 2.34. The van der Waals surface area contributed by atoms with Crippen LogP contribution >= 0.6 is 11.3 Å². The molecule has 0 aliphatic carbocycles. The van der Waals surface area contributed by atoms with Crippen LogP contribution in [0.3, 0.4) is 0 Å². The van der Waals surface area contributed by atoms with Crippen LogP contribution in [0.4, 0.5) is 0 Å². The number of allylic oxidation sites excluding steroid dienone is 1. The molecule has 5 rings (SSSR count). The molecular weight excluding hydrogens is 484 g/mol. The molecule has 0 spiro atoms. The summed E-state index contributed by atoms with van der Waals surface area (Å²) in [5.74, 6) is 1.85. The standard InChI is InChI=1S/C26H24N2O7S/c1-5-33-25(30)22-14(2)27-26-28(23(22)16-7-9-18-20(10-16)35-13-34-18)24(29)21(36-26)11-15-6-8-17(31-3)12-19(15)32-4/h6-12,23H,5,13H2,1-4H3/b21-11-/t23-/m1/s1. The zero-order chi connectivity index (χ0) is 25.4. The molecule has 0 unspecified atom stereocenters. The van der Waals surface area contributed by atoms with Gasteiger partial charge in [-0.15, -0.1) is 0 Å². The summed E-state index contributed by atoms with van der Waals surface area (Å²) in [5.41, 5.74) is 1.91. The molecular formula is C26H24N2O7S. The number of benzene rings is 2. The van der Waals surface area contributed by atoms with E-state index >= 15 is 0 Å². The van der Waals surface area contributed by atoms with E-state index in [4.69, 9.17) is 23.7 Å². The Labute approximate surface area is 210 Å². The number of aromatic nitrogens is 1. The zero-order valence-corrected chi connectivity index (χ0v) is 21.0. The van der Waals surface area contributed by atoms with Crippen molar-refractivity contribution < 1.29 is 28.5 Å². The molecule has 3 heterocycles. The van der Waals surface area contributed by atoms with E-state index in [-0.39, 0.29) is 19.0 Å². The van der Waals surface area contributed by atoms with Crippen LogP contribution in [0.1, 0.15) is 31.0 Å². The van der Waals surface area contributed by atoms with Gasteiger partial charge in [0.1, 0.15) is 11.5 Å². The van der Waals surface area contributed by atoms with Crippen molar-refractivity contribution in [1.29, 1.82) is 0 Å². The number of fused-ring (bicyclic) bond motifs is 2. The predicted octanol–water partition coefficient (Wildman–Crippen LogP) is 2.54. The maximum Gasteiger partial charge on any atom is 0.338 e. The maximum absolute atomic E-state index is 13.8. The molecule has 0 saturated heterocycles. The summed E-state index contributed by atoms with van der Waals surface area (Å²) >= 11 is 1.24. The Balaban J connectivity index is 1.71. The van der Waals surface area contributed by atoms with E-state index in [1.807, 2.05) is 12.1 Å². The summed E-state index contributed by atoms with van der Waals surface area (Å²) in [6, 6.07) is 10.0. The molecule has 3 aromatic rings. The van der Waals surface area contributed by atoms with E-state index in [9.17, 15) is 9.59 Å². The van der Waals surface area contributed by atoms with Gasteiger partial charge >= 0.3 is 5.97 Å². The molecule has 10 heteroatoms. The Kier molecular flexibility index (Phi) is 6.27. The normalized spacial score (nSPS) is 16.4. The molecule has 0 saturated carbocycles. The Bertz CT molecular complexity index is 1570. The van der Waals surface area contributed by atoms with E-state index in [2.05, 4.69) is 4.99 Å². The highest BCUT2D eigenvalue weighted by Crippen LogP contribution is 2.38. The Morgan fingerprint density at radius 1 is 1.17 bits per heavy atom. The number of hydrogen-bond donors (Lipinski definition) is 0. The van der Waals surface area contributed by atoms with Gasteiger partial charge in [-0.05, 0) is 49.8 Å². The number of carbonyl (C=O) groups excluding carboxylic acids is 1. The quantitative estimate of drug-likeness (QED) is 0.472. The molecule has 9 nitrogen and oxygen atoms in total. The van der Waals surface area contributed by atoms with E-state index in [0.717, 1.165) is 0 Å². The van der Waals surface area contributed by atoms with Gasteiger partial charge in [0.05, 0.1) is 42.7 Å². The average molecular weight is 509 g/mol. The Hall–Kier alpha value is -4.05. The van der Waals surface area contributed by atoms with Crippen LogP contribution in [0.2, 0.25) is 0 Å². The molecule has 0 N–H and O–H groups in total. The zero-order valence-electron chi connectivity index (χ0n) is 20.2. The number of esters is 1. The van der Waals surface area contributed by atoms with Gasteiger partial charge in [0.25, 0.3) is 5.56 Å². The van der Waals surface area contributed by atoms with Crippen LogP contribution in [-0.2, 0) is 9.53 Å². The summed E-state index contributed by atoms with van der Waals surface area (Å²) in [7, 11) is 3.13. The van der Waals surface area contributed by atoms with Crippen molar-refractivity contribution >= 4 is 23.4 Å². The first-order valence-corrected chi connectivity index (χ1v) is 12.1. The van der Waals surface area contributed by atoms with E-state index in [1.165, 1.54) is 15.9 Å². The monoisotopic (exact) mass is 508 g/mol. The van der Waals surface area contributed by atoms with Crippen molar-refractivity contribution in [3.05, 3.63) is 78.5 Å². The third kappa shape index (κ3) is 4.03. The third-order valence-electron chi connectivity index (χ3n) is 5.96. The second-order valence-corrected chi connectivity index (χ2v) is 9.03. The van der Waals surface area contributed by atoms with Crippen molar-refractivity contribution in [2.45, 2.75) is 19.9 Å². The SMILES string of the molecule is CCOC(=O)C1=C(C)N=c2s/c(=C\c3ccc(OC)cc3OC)c(=O)n2[C@@H]1c1ccc2c(c1)OCO2. The van der Waals surface area contributed by atoms with E-state index < -0.39 is 12.0 Å². The molecule has 2 aromatic carbocycles. The number of rotatable bonds is 6. The first-order chi connectivity index (χ1) is 17.4. The minimum absolute atomic E-state index is 0.116. The van der Waals surface area contributed by atoms with Gasteiger partial charge in [0, 0.05) is 11.6 Å². The van der Waals surface area contributed by atoms with Crippen LogP contribution in [0.15, 0.2) is 57.5 Å². The number of carbonyl (C=O) groups is 1. The lowest BCUT2D eigenvalue weighted by molar-refractivity contribution is -0.139. The Morgan fingerprint density at radius 2 is 1.97 bits per heavy atom. The fourth-order valence-corrected chi connectivity index (χ4v) is 5.31. The van der Waals surface area contributed by atoms with E-state index in [0.29, 0.717) is 54.7 Å². The molecule has 0 fully saturated rings. The number of hydrogen-bond acceptors (Lipinski definition) is 9. The number of thiazole rings is 1. The lowest BCUT2D eigenvalue weighted by atomic mass is 9.95. The number of methoxy groups -OCH3 is 2. The summed E-state index contributed by atoms with van der Waals surface area (Å²) in [4.78, 5) is 31.9. The first-order valence-electron chi connectivity index (χ1n) is 11.3. The van der Waals surface area contributed by atoms with Crippen LogP contribution in [-0.4, -0.2) is 38.2 Å². The molecule has 1 aromatic heterocycles. The first kappa shape index (κ1) is 23.7. The predicted molar refractivity (Wildman–Crippen MR) is 133 cm³/mol. The lowest BCUT2D eigenvalue weighted by Gasteiger charge is -2.24. The summed E-state index contributed by atoms with van der Waals surface area (Å²) in [6.45, 7) is 3.80. The molecule has 36 heavy (non-hydrogen) atoms. The van der Waals surface area contributed by atoms with Crippen molar-refractivity contribution in [2.75, 3.05) is 27.6 Å². The fourth-order valence-electron chi connectivity index (χ4n) is 4.27. The summed E-state index contributed by atoms with van der Waals surface area (Å²) < 4.78 is 29.1. The minimum Gasteiger partial charge on any atom is -0.497 e. The Morgan fingerprint density at radius 3 is 2.72 bits per heavy atom. The van der Waals surface area contributed by atoms with Gasteiger partial charge < -0.3 is 23.7 Å². The van der Waals surface area contributed by atoms with Crippen LogP contribution < -0.4 is 33.8 Å². The van der Waals surface area contributed by atoms with Gasteiger partial charge in [-0.25, -0.2) is 9.79 Å². The highest BCUT2D eigenvalue weighted by molar-refractivity contribution is 7.07. The highest BCUT2D eigenvalue weighted by atomic mass is 32.1. The van der Waals surface area contributed by atoms with E-state index in [1.54, 1.807) is 58.4 Å².